The van der Waals surface area contributed by atoms with Crippen LogP contribution in [-0.4, -0.2) is 26.8 Å². The van der Waals surface area contributed by atoms with Crippen molar-refractivity contribution in [1.82, 2.24) is 16.0 Å². The first-order valence-electron chi connectivity index (χ1n) is 7.19. The van der Waals surface area contributed by atoms with Crippen molar-refractivity contribution in [3.8, 4) is 0 Å². The third-order valence-corrected chi connectivity index (χ3v) is 4.09. The first-order valence-corrected chi connectivity index (χ1v) is 7.19. The molecular formula is C17H24N3. The van der Waals surface area contributed by atoms with E-state index >= 15 is 0 Å². The van der Waals surface area contributed by atoms with Gasteiger partial charge in [0.1, 0.15) is 0 Å². The largest absolute Gasteiger partial charge is 0.391 e. The van der Waals surface area contributed by atoms with E-state index < -0.39 is 0 Å². The molecule has 1 aliphatic rings. The highest BCUT2D eigenvalue weighted by atomic mass is 15.2. The van der Waals surface area contributed by atoms with Gasteiger partial charge in [0.25, 0.3) is 0 Å². The Kier molecular flexibility index (Phi) is 4.99. The van der Waals surface area contributed by atoms with E-state index in [1.54, 1.807) is 0 Å². The van der Waals surface area contributed by atoms with Crippen LogP contribution in [0, 0.1) is 6.07 Å². The Morgan fingerprint density at radius 2 is 2.00 bits per heavy atom. The number of benzene rings is 1. The van der Waals surface area contributed by atoms with Crippen LogP contribution in [0.2, 0.25) is 0 Å². The molecule has 1 aromatic rings. The molecule has 0 saturated heterocycles. The zero-order valence-electron chi connectivity index (χ0n) is 12.6. The molecule has 0 aromatic heterocycles. The topological polar surface area (TPSA) is 36.1 Å². The molecule has 3 heteroatoms. The van der Waals surface area contributed by atoms with Gasteiger partial charge in [0, 0.05) is 18.3 Å². The van der Waals surface area contributed by atoms with Crippen LogP contribution >= 0.6 is 0 Å². The van der Waals surface area contributed by atoms with Gasteiger partial charge in [-0.3, -0.25) is 10.6 Å². The van der Waals surface area contributed by atoms with Crippen LogP contribution in [0.25, 0.3) is 6.08 Å². The van der Waals surface area contributed by atoms with E-state index in [2.05, 4.69) is 40.2 Å². The highest BCUT2D eigenvalue weighted by Crippen LogP contribution is 2.31. The third kappa shape index (κ3) is 2.94. The molecule has 0 spiro atoms. The summed E-state index contributed by atoms with van der Waals surface area (Å²) in [7, 11) is 6.03. The Balaban J connectivity index is 2.36. The van der Waals surface area contributed by atoms with Crippen LogP contribution in [-0.2, 0) is 0 Å². The summed E-state index contributed by atoms with van der Waals surface area (Å²) < 4.78 is 0. The van der Waals surface area contributed by atoms with Crippen molar-refractivity contribution in [3.63, 3.8) is 0 Å². The van der Waals surface area contributed by atoms with Crippen LogP contribution < -0.4 is 16.0 Å². The van der Waals surface area contributed by atoms with Gasteiger partial charge in [0.2, 0.25) is 0 Å². The van der Waals surface area contributed by atoms with E-state index in [1.165, 1.54) is 23.3 Å². The Morgan fingerprint density at radius 3 is 2.60 bits per heavy atom. The smallest absolute Gasteiger partial charge is 0.0961 e. The summed E-state index contributed by atoms with van der Waals surface area (Å²) in [5.74, 6) is 0. The standard InChI is InChI=1S/C17H24N3/c1-18-16-10-7-13-17(19-2,20-3)15(16)12-11-14-8-5-4-6-9-14/h4-5,8-9,11-12,18-20H,7,10,13H2,1-3H3. The van der Waals surface area contributed by atoms with Gasteiger partial charge >= 0.3 is 0 Å². The Bertz CT molecular complexity index is 484. The first kappa shape index (κ1) is 14.8. The quantitative estimate of drug-likeness (QED) is 0.719. The molecule has 0 aliphatic heterocycles. The van der Waals surface area contributed by atoms with E-state index in [4.69, 9.17) is 0 Å². The second kappa shape index (κ2) is 6.73. The predicted octanol–water partition coefficient (Wildman–Crippen LogP) is 2.29. The molecule has 20 heavy (non-hydrogen) atoms. The van der Waals surface area contributed by atoms with Gasteiger partial charge in [-0.05, 0) is 51.1 Å². The van der Waals surface area contributed by atoms with Gasteiger partial charge in [-0.25, -0.2) is 0 Å². The lowest BCUT2D eigenvalue weighted by Gasteiger charge is -2.39. The van der Waals surface area contributed by atoms with Gasteiger partial charge < -0.3 is 5.32 Å². The van der Waals surface area contributed by atoms with Crippen molar-refractivity contribution in [2.75, 3.05) is 21.1 Å². The highest BCUT2D eigenvalue weighted by molar-refractivity contribution is 5.55. The van der Waals surface area contributed by atoms with Crippen LogP contribution in [0.5, 0.6) is 0 Å². The fourth-order valence-electron chi connectivity index (χ4n) is 2.89. The minimum atomic E-state index is -0.147. The van der Waals surface area contributed by atoms with Gasteiger partial charge in [-0.1, -0.05) is 30.4 Å². The minimum Gasteiger partial charge on any atom is -0.391 e. The number of allylic oxidation sites excluding steroid dienone is 1. The fraction of sp³-hybridized carbons (Fsp3) is 0.412. The van der Waals surface area contributed by atoms with Crippen LogP contribution in [0.3, 0.4) is 0 Å². The summed E-state index contributed by atoms with van der Waals surface area (Å²) in [6.07, 6.45) is 7.72. The molecule has 3 nitrogen and oxygen atoms in total. The highest BCUT2D eigenvalue weighted by Gasteiger charge is 2.34. The van der Waals surface area contributed by atoms with E-state index in [0.717, 1.165) is 12.8 Å². The summed E-state index contributed by atoms with van der Waals surface area (Å²) in [5, 5.41) is 10.3. The lowest BCUT2D eigenvalue weighted by atomic mass is 9.84. The number of hydrogen-bond donors (Lipinski definition) is 3. The monoisotopic (exact) mass is 270 g/mol. The summed E-state index contributed by atoms with van der Waals surface area (Å²) in [6, 6.07) is 11.1. The zero-order valence-corrected chi connectivity index (χ0v) is 12.6. The van der Waals surface area contributed by atoms with Gasteiger partial charge in [0.05, 0.1) is 5.66 Å². The van der Waals surface area contributed by atoms with Gasteiger partial charge in [-0.2, -0.15) is 0 Å². The molecule has 3 N–H and O–H groups in total. The van der Waals surface area contributed by atoms with E-state index in [-0.39, 0.29) is 5.66 Å². The second-order valence-electron chi connectivity index (χ2n) is 5.07. The molecule has 1 radical (unpaired) electrons. The zero-order chi connectivity index (χ0) is 14.4. The lowest BCUT2D eigenvalue weighted by molar-refractivity contribution is 0.306. The fourth-order valence-corrected chi connectivity index (χ4v) is 2.89. The normalized spacial score (nSPS) is 18.6. The molecule has 2 rings (SSSR count). The van der Waals surface area contributed by atoms with E-state index in [1.807, 2.05) is 39.3 Å². The average molecular weight is 270 g/mol. The van der Waals surface area contributed by atoms with Crippen molar-refractivity contribution in [2.24, 2.45) is 0 Å². The van der Waals surface area contributed by atoms with E-state index in [0.29, 0.717) is 0 Å². The first-order chi connectivity index (χ1) is 9.75. The van der Waals surface area contributed by atoms with Crippen molar-refractivity contribution >= 4 is 6.08 Å². The predicted molar refractivity (Wildman–Crippen MR) is 85.1 cm³/mol. The maximum Gasteiger partial charge on any atom is 0.0961 e. The van der Waals surface area contributed by atoms with Crippen molar-refractivity contribution in [2.45, 2.75) is 24.9 Å². The molecule has 1 aromatic carbocycles. The van der Waals surface area contributed by atoms with Gasteiger partial charge in [0.15, 0.2) is 0 Å². The third-order valence-electron chi connectivity index (χ3n) is 4.09. The molecule has 0 saturated carbocycles. The molecular weight excluding hydrogens is 246 g/mol. The molecule has 1 aliphatic carbocycles. The van der Waals surface area contributed by atoms with E-state index in [9.17, 15) is 0 Å². The van der Waals surface area contributed by atoms with Gasteiger partial charge in [-0.15, -0.1) is 0 Å². The number of nitrogens with one attached hydrogen (secondary N) is 3. The number of likely N-dealkylation sites (N-methyl/N-ethyl adjacent to an activating group) is 2. The lowest BCUT2D eigenvalue weighted by Crippen LogP contribution is -2.57. The molecule has 0 fully saturated rings. The van der Waals surface area contributed by atoms with Crippen molar-refractivity contribution < 1.29 is 0 Å². The molecule has 0 unspecified atom stereocenters. The van der Waals surface area contributed by atoms with Crippen molar-refractivity contribution in [1.29, 1.82) is 0 Å². The SMILES string of the molecule is CNC1=C(C=Cc2c[c]ccc2)C(NC)(NC)CCC1. The summed E-state index contributed by atoms with van der Waals surface area (Å²) >= 11 is 0. The molecule has 0 atom stereocenters. The Hall–Kier alpha value is -1.58. The molecule has 0 bridgehead atoms. The average Bonchev–Trinajstić information content (AvgIpc) is 2.53. The summed E-state index contributed by atoms with van der Waals surface area (Å²) in [4.78, 5) is 0. The Labute approximate surface area is 122 Å². The summed E-state index contributed by atoms with van der Waals surface area (Å²) in [5.41, 5.74) is 3.62. The van der Waals surface area contributed by atoms with Crippen LogP contribution in [0.4, 0.5) is 0 Å². The molecule has 0 heterocycles. The maximum atomic E-state index is 3.45. The van der Waals surface area contributed by atoms with Crippen LogP contribution in [0.15, 0.2) is 41.6 Å². The number of hydrogen-bond acceptors (Lipinski definition) is 3. The van der Waals surface area contributed by atoms with Crippen molar-refractivity contribution in [3.05, 3.63) is 53.2 Å². The second-order valence-corrected chi connectivity index (χ2v) is 5.07. The van der Waals surface area contributed by atoms with Crippen LogP contribution in [0.1, 0.15) is 24.8 Å². The maximum absolute atomic E-state index is 3.45. The molecule has 0 amide bonds. The summed E-state index contributed by atoms with van der Waals surface area (Å²) in [6.45, 7) is 0. The number of rotatable bonds is 5. The molecule has 107 valence electrons. The minimum absolute atomic E-state index is 0.147. The Morgan fingerprint density at radius 1 is 1.20 bits per heavy atom.